The molecule has 1 aliphatic rings. The van der Waals surface area contributed by atoms with E-state index in [1.54, 1.807) is 0 Å². The molecule has 16 heavy (non-hydrogen) atoms. The standard InChI is InChI=1S/C13H14F2O/c1-13(7-2-3-8-13)12(16)9-5-4-6-10(14)11(9)15/h4-6H,2-3,7-8H2,1H3. The molecule has 86 valence electrons. The smallest absolute Gasteiger partial charge is 0.171 e. The van der Waals surface area contributed by atoms with Gasteiger partial charge in [-0.1, -0.05) is 25.8 Å². The normalized spacial score (nSPS) is 18.7. The van der Waals surface area contributed by atoms with E-state index in [0.29, 0.717) is 0 Å². The Kier molecular flexibility index (Phi) is 2.78. The number of Topliss-reactive ketones (excluding diaryl/α,β-unsaturated/α-hetero) is 1. The molecule has 0 aliphatic heterocycles. The van der Waals surface area contributed by atoms with Gasteiger partial charge < -0.3 is 0 Å². The van der Waals surface area contributed by atoms with E-state index in [0.717, 1.165) is 31.7 Å². The first kappa shape index (κ1) is 11.2. The van der Waals surface area contributed by atoms with Crippen molar-refractivity contribution in [2.45, 2.75) is 32.6 Å². The Bertz CT molecular complexity index is 420. The third-order valence-electron chi connectivity index (χ3n) is 3.45. The highest BCUT2D eigenvalue weighted by molar-refractivity contribution is 6.00. The van der Waals surface area contributed by atoms with Crippen molar-refractivity contribution in [3.05, 3.63) is 35.4 Å². The van der Waals surface area contributed by atoms with Gasteiger partial charge in [-0.25, -0.2) is 8.78 Å². The Labute approximate surface area is 93.5 Å². The van der Waals surface area contributed by atoms with E-state index in [2.05, 4.69) is 0 Å². The average molecular weight is 224 g/mol. The maximum atomic E-state index is 13.5. The number of ketones is 1. The summed E-state index contributed by atoms with van der Waals surface area (Å²) in [6, 6.07) is 3.78. The highest BCUT2D eigenvalue weighted by Crippen LogP contribution is 2.40. The Balaban J connectivity index is 2.37. The molecule has 0 atom stereocenters. The van der Waals surface area contributed by atoms with Gasteiger partial charge in [0.15, 0.2) is 17.4 Å². The third-order valence-corrected chi connectivity index (χ3v) is 3.45. The second-order valence-corrected chi connectivity index (χ2v) is 4.70. The van der Waals surface area contributed by atoms with Crippen molar-refractivity contribution in [3.63, 3.8) is 0 Å². The van der Waals surface area contributed by atoms with Crippen molar-refractivity contribution < 1.29 is 13.6 Å². The number of hydrogen-bond acceptors (Lipinski definition) is 1. The molecule has 0 aromatic heterocycles. The van der Waals surface area contributed by atoms with Crippen LogP contribution in [-0.4, -0.2) is 5.78 Å². The summed E-state index contributed by atoms with van der Waals surface area (Å²) in [4.78, 5) is 12.1. The molecule has 2 rings (SSSR count). The van der Waals surface area contributed by atoms with Crippen LogP contribution in [0, 0.1) is 17.0 Å². The topological polar surface area (TPSA) is 17.1 Å². The minimum atomic E-state index is -1.01. The van der Waals surface area contributed by atoms with E-state index in [1.165, 1.54) is 12.1 Å². The maximum Gasteiger partial charge on any atom is 0.171 e. The quantitative estimate of drug-likeness (QED) is 0.699. The van der Waals surface area contributed by atoms with Gasteiger partial charge in [-0.2, -0.15) is 0 Å². The van der Waals surface area contributed by atoms with Crippen molar-refractivity contribution in [1.29, 1.82) is 0 Å². The lowest BCUT2D eigenvalue weighted by atomic mass is 9.80. The second-order valence-electron chi connectivity index (χ2n) is 4.70. The van der Waals surface area contributed by atoms with Crippen LogP contribution >= 0.6 is 0 Å². The number of halogens is 2. The highest BCUT2D eigenvalue weighted by atomic mass is 19.2. The summed E-state index contributed by atoms with van der Waals surface area (Å²) in [7, 11) is 0. The van der Waals surface area contributed by atoms with E-state index in [4.69, 9.17) is 0 Å². The molecule has 1 saturated carbocycles. The molecule has 1 aromatic rings. The predicted molar refractivity (Wildman–Crippen MR) is 57.3 cm³/mol. The van der Waals surface area contributed by atoms with Crippen LogP contribution in [0.15, 0.2) is 18.2 Å². The summed E-state index contributed by atoms with van der Waals surface area (Å²) < 4.78 is 26.5. The Morgan fingerprint density at radius 3 is 2.50 bits per heavy atom. The number of benzene rings is 1. The van der Waals surface area contributed by atoms with Gasteiger partial charge in [0.2, 0.25) is 0 Å². The molecule has 0 N–H and O–H groups in total. The Hall–Kier alpha value is -1.25. The van der Waals surface area contributed by atoms with E-state index in [9.17, 15) is 13.6 Å². The molecule has 0 saturated heterocycles. The molecule has 1 aromatic carbocycles. The maximum absolute atomic E-state index is 13.5. The zero-order valence-electron chi connectivity index (χ0n) is 9.22. The molecule has 1 fully saturated rings. The molecular formula is C13H14F2O. The fraction of sp³-hybridized carbons (Fsp3) is 0.462. The van der Waals surface area contributed by atoms with Gasteiger partial charge in [-0.3, -0.25) is 4.79 Å². The van der Waals surface area contributed by atoms with Crippen molar-refractivity contribution in [1.82, 2.24) is 0 Å². The number of carbonyl (C=O) groups is 1. The van der Waals surface area contributed by atoms with Gasteiger partial charge in [-0.15, -0.1) is 0 Å². The SMILES string of the molecule is CC1(C(=O)c2cccc(F)c2F)CCCC1. The molecule has 0 spiro atoms. The van der Waals surface area contributed by atoms with Crippen molar-refractivity contribution in [2.24, 2.45) is 5.41 Å². The summed E-state index contributed by atoms with van der Waals surface area (Å²) >= 11 is 0. The first-order valence-corrected chi connectivity index (χ1v) is 5.53. The van der Waals surface area contributed by atoms with E-state index in [1.807, 2.05) is 6.92 Å². The second kappa shape index (κ2) is 3.96. The number of hydrogen-bond donors (Lipinski definition) is 0. The Morgan fingerprint density at radius 1 is 1.25 bits per heavy atom. The van der Waals surface area contributed by atoms with E-state index in [-0.39, 0.29) is 11.3 Å². The van der Waals surface area contributed by atoms with Gasteiger partial charge in [0, 0.05) is 5.41 Å². The van der Waals surface area contributed by atoms with Gasteiger partial charge >= 0.3 is 0 Å². The van der Waals surface area contributed by atoms with Crippen molar-refractivity contribution in [3.8, 4) is 0 Å². The highest BCUT2D eigenvalue weighted by Gasteiger charge is 2.38. The third kappa shape index (κ3) is 1.75. The number of carbonyl (C=O) groups excluding carboxylic acids is 1. The van der Waals surface area contributed by atoms with Crippen LogP contribution < -0.4 is 0 Å². The first-order chi connectivity index (χ1) is 7.54. The summed E-state index contributed by atoms with van der Waals surface area (Å²) in [5.74, 6) is -2.23. The van der Waals surface area contributed by atoms with Gasteiger partial charge in [0.05, 0.1) is 5.56 Å². The lowest BCUT2D eigenvalue weighted by Crippen LogP contribution is -2.25. The number of rotatable bonds is 2. The summed E-state index contributed by atoms with van der Waals surface area (Å²) in [6.45, 7) is 1.84. The van der Waals surface area contributed by atoms with Gasteiger partial charge in [-0.05, 0) is 25.0 Å². The molecule has 0 heterocycles. The zero-order chi connectivity index (χ0) is 11.8. The lowest BCUT2D eigenvalue weighted by Gasteiger charge is -2.21. The van der Waals surface area contributed by atoms with Crippen LogP contribution in [-0.2, 0) is 0 Å². The van der Waals surface area contributed by atoms with Crippen molar-refractivity contribution >= 4 is 5.78 Å². The first-order valence-electron chi connectivity index (χ1n) is 5.53. The monoisotopic (exact) mass is 224 g/mol. The van der Waals surface area contributed by atoms with Crippen molar-refractivity contribution in [2.75, 3.05) is 0 Å². The molecule has 3 heteroatoms. The molecule has 0 amide bonds. The largest absolute Gasteiger partial charge is 0.293 e. The van der Waals surface area contributed by atoms with Crippen LogP contribution in [0.2, 0.25) is 0 Å². The van der Waals surface area contributed by atoms with Gasteiger partial charge in [0.25, 0.3) is 0 Å². The van der Waals surface area contributed by atoms with Crippen LogP contribution in [0.4, 0.5) is 8.78 Å². The molecule has 1 nitrogen and oxygen atoms in total. The van der Waals surface area contributed by atoms with E-state index >= 15 is 0 Å². The summed E-state index contributed by atoms with van der Waals surface area (Å²) in [5, 5.41) is 0. The lowest BCUT2D eigenvalue weighted by molar-refractivity contribution is 0.0818. The van der Waals surface area contributed by atoms with E-state index < -0.39 is 17.0 Å². The molecule has 0 radical (unpaired) electrons. The summed E-state index contributed by atoms with van der Waals surface area (Å²) in [5.41, 5.74) is -0.612. The molecule has 0 bridgehead atoms. The zero-order valence-corrected chi connectivity index (χ0v) is 9.22. The molecule has 1 aliphatic carbocycles. The fourth-order valence-corrected chi connectivity index (χ4v) is 2.39. The minimum Gasteiger partial charge on any atom is -0.293 e. The Morgan fingerprint density at radius 2 is 1.88 bits per heavy atom. The minimum absolute atomic E-state index is 0.107. The van der Waals surface area contributed by atoms with Gasteiger partial charge in [0.1, 0.15) is 0 Å². The molecular weight excluding hydrogens is 210 g/mol. The van der Waals surface area contributed by atoms with Crippen LogP contribution in [0.3, 0.4) is 0 Å². The van der Waals surface area contributed by atoms with Crippen LogP contribution in [0.1, 0.15) is 43.0 Å². The van der Waals surface area contributed by atoms with Crippen LogP contribution in [0.25, 0.3) is 0 Å². The molecule has 0 unspecified atom stereocenters. The summed E-state index contributed by atoms with van der Waals surface area (Å²) in [6.07, 6.45) is 3.50. The average Bonchev–Trinajstić information content (AvgIpc) is 2.70. The van der Waals surface area contributed by atoms with Crippen LogP contribution in [0.5, 0.6) is 0 Å². The fourth-order valence-electron chi connectivity index (χ4n) is 2.39. The predicted octanol–water partition coefficient (Wildman–Crippen LogP) is 3.73.